The van der Waals surface area contributed by atoms with Gasteiger partial charge in [-0.3, -0.25) is 4.79 Å². The van der Waals surface area contributed by atoms with Crippen LogP contribution in [-0.4, -0.2) is 20.7 Å². The summed E-state index contributed by atoms with van der Waals surface area (Å²) in [7, 11) is 1.94. The first-order valence-electron chi connectivity index (χ1n) is 8.19. The number of aromatic nitrogens is 2. The van der Waals surface area contributed by atoms with Crippen molar-refractivity contribution < 1.29 is 4.79 Å². The van der Waals surface area contributed by atoms with E-state index < -0.39 is 0 Å². The molecule has 25 heavy (non-hydrogen) atoms. The summed E-state index contributed by atoms with van der Waals surface area (Å²) < 4.78 is 1.94. The van der Waals surface area contributed by atoms with Crippen molar-refractivity contribution in [3.63, 3.8) is 0 Å². The van der Waals surface area contributed by atoms with E-state index in [4.69, 9.17) is 0 Å². The SMILES string of the molecule is C[C@@H](Sc1ccccc1)C(=O)N[C@H](c1ccccc1)c1nccn1C. The van der Waals surface area contributed by atoms with Crippen LogP contribution in [0.15, 0.2) is 78.0 Å². The fraction of sp³-hybridized carbons (Fsp3) is 0.200. The lowest BCUT2D eigenvalue weighted by Gasteiger charge is -2.21. The van der Waals surface area contributed by atoms with Crippen molar-refractivity contribution in [1.82, 2.24) is 14.9 Å². The van der Waals surface area contributed by atoms with Crippen molar-refractivity contribution in [3.8, 4) is 0 Å². The number of amides is 1. The van der Waals surface area contributed by atoms with E-state index in [-0.39, 0.29) is 17.2 Å². The van der Waals surface area contributed by atoms with Gasteiger partial charge in [0.05, 0.1) is 5.25 Å². The van der Waals surface area contributed by atoms with Crippen molar-refractivity contribution in [1.29, 1.82) is 0 Å². The molecule has 1 heterocycles. The van der Waals surface area contributed by atoms with Crippen LogP contribution in [0.5, 0.6) is 0 Å². The van der Waals surface area contributed by atoms with E-state index in [0.717, 1.165) is 16.3 Å². The Morgan fingerprint density at radius 2 is 1.72 bits per heavy atom. The Labute approximate surface area is 152 Å². The summed E-state index contributed by atoms with van der Waals surface area (Å²) in [4.78, 5) is 18.3. The lowest BCUT2D eigenvalue weighted by molar-refractivity contribution is -0.120. The summed E-state index contributed by atoms with van der Waals surface area (Å²) in [5, 5.41) is 2.95. The molecule has 0 radical (unpaired) electrons. The van der Waals surface area contributed by atoms with Crippen molar-refractivity contribution in [2.45, 2.75) is 23.1 Å². The summed E-state index contributed by atoms with van der Waals surface area (Å²) >= 11 is 1.55. The maximum atomic E-state index is 12.8. The van der Waals surface area contributed by atoms with E-state index in [1.54, 1.807) is 18.0 Å². The third kappa shape index (κ3) is 4.31. The first kappa shape index (κ1) is 17.3. The van der Waals surface area contributed by atoms with Crippen molar-refractivity contribution in [3.05, 3.63) is 84.4 Å². The molecule has 0 aliphatic heterocycles. The summed E-state index contributed by atoms with van der Waals surface area (Å²) in [5.41, 5.74) is 1.02. The Bertz CT molecular complexity index is 817. The minimum atomic E-state index is -0.271. The van der Waals surface area contributed by atoms with Gasteiger partial charge in [-0.05, 0) is 24.6 Å². The van der Waals surface area contributed by atoms with Crippen molar-refractivity contribution in [2.24, 2.45) is 7.05 Å². The van der Waals surface area contributed by atoms with E-state index in [0.29, 0.717) is 0 Å². The van der Waals surface area contributed by atoms with Gasteiger partial charge in [0.2, 0.25) is 5.91 Å². The molecule has 0 unspecified atom stereocenters. The molecule has 0 spiro atoms. The van der Waals surface area contributed by atoms with Crippen LogP contribution in [-0.2, 0) is 11.8 Å². The number of nitrogens with one attached hydrogen (secondary N) is 1. The van der Waals surface area contributed by atoms with Gasteiger partial charge in [0, 0.05) is 24.3 Å². The zero-order chi connectivity index (χ0) is 17.6. The molecule has 1 amide bonds. The topological polar surface area (TPSA) is 46.9 Å². The minimum Gasteiger partial charge on any atom is -0.341 e. The van der Waals surface area contributed by atoms with Crippen LogP contribution < -0.4 is 5.32 Å². The number of carbonyl (C=O) groups excluding carboxylic acids is 1. The normalized spacial score (nSPS) is 13.2. The summed E-state index contributed by atoms with van der Waals surface area (Å²) in [6.45, 7) is 1.92. The van der Waals surface area contributed by atoms with Gasteiger partial charge >= 0.3 is 0 Å². The molecule has 0 saturated heterocycles. The summed E-state index contributed by atoms with van der Waals surface area (Å²) in [6.07, 6.45) is 3.64. The molecule has 5 heteroatoms. The average Bonchev–Trinajstić information content (AvgIpc) is 3.06. The average molecular weight is 351 g/mol. The second kappa shape index (κ2) is 8.03. The summed E-state index contributed by atoms with van der Waals surface area (Å²) in [5.74, 6) is 0.808. The van der Waals surface area contributed by atoms with Crippen molar-refractivity contribution in [2.75, 3.05) is 0 Å². The monoisotopic (exact) mass is 351 g/mol. The zero-order valence-corrected chi connectivity index (χ0v) is 15.1. The lowest BCUT2D eigenvalue weighted by atomic mass is 10.1. The smallest absolute Gasteiger partial charge is 0.234 e. The molecular weight excluding hydrogens is 330 g/mol. The van der Waals surface area contributed by atoms with Gasteiger partial charge in [-0.2, -0.15) is 0 Å². The molecule has 4 nitrogen and oxygen atoms in total. The van der Waals surface area contributed by atoms with Gasteiger partial charge in [-0.25, -0.2) is 4.98 Å². The molecule has 3 aromatic rings. The van der Waals surface area contributed by atoms with Crippen LogP contribution in [0.4, 0.5) is 0 Å². The molecule has 128 valence electrons. The standard InChI is InChI=1S/C20H21N3OS/c1-15(25-17-11-7-4-8-12-17)20(24)22-18(16-9-5-3-6-10-16)19-21-13-14-23(19)2/h3-15,18H,1-2H3,(H,22,24)/t15-,18-/m1/s1. The number of aryl methyl sites for hydroxylation is 1. The molecule has 1 aromatic heterocycles. The van der Waals surface area contributed by atoms with Crippen LogP contribution in [0.2, 0.25) is 0 Å². The molecule has 0 aliphatic carbocycles. The predicted octanol–water partition coefficient (Wildman–Crippen LogP) is 3.81. The van der Waals surface area contributed by atoms with Gasteiger partial charge in [0.15, 0.2) is 0 Å². The van der Waals surface area contributed by atoms with Crippen molar-refractivity contribution >= 4 is 17.7 Å². The highest BCUT2D eigenvalue weighted by molar-refractivity contribution is 8.00. The van der Waals surface area contributed by atoms with Gasteiger partial charge in [-0.15, -0.1) is 11.8 Å². The Kier molecular flexibility index (Phi) is 5.56. The zero-order valence-electron chi connectivity index (χ0n) is 14.3. The highest BCUT2D eigenvalue weighted by Gasteiger charge is 2.23. The quantitative estimate of drug-likeness (QED) is 0.687. The first-order valence-corrected chi connectivity index (χ1v) is 9.07. The number of nitrogens with zero attached hydrogens (tertiary/aromatic N) is 2. The highest BCUT2D eigenvalue weighted by atomic mass is 32.2. The second-order valence-electron chi connectivity index (χ2n) is 5.82. The number of benzene rings is 2. The third-order valence-corrected chi connectivity index (χ3v) is 5.07. The van der Waals surface area contributed by atoms with E-state index in [2.05, 4.69) is 10.3 Å². The Morgan fingerprint density at radius 3 is 2.32 bits per heavy atom. The maximum absolute atomic E-state index is 12.8. The summed E-state index contributed by atoms with van der Waals surface area (Å²) in [6, 6.07) is 19.6. The molecule has 2 atom stereocenters. The van der Waals surface area contributed by atoms with Gasteiger partial charge in [-0.1, -0.05) is 48.5 Å². The van der Waals surface area contributed by atoms with E-state index >= 15 is 0 Å². The maximum Gasteiger partial charge on any atom is 0.234 e. The highest BCUT2D eigenvalue weighted by Crippen LogP contribution is 2.25. The Hall–Kier alpha value is -2.53. The van der Waals surface area contributed by atoms with Gasteiger partial charge in [0.1, 0.15) is 11.9 Å². The third-order valence-electron chi connectivity index (χ3n) is 3.96. The van der Waals surface area contributed by atoms with E-state index in [1.807, 2.05) is 85.4 Å². The number of rotatable bonds is 6. The van der Waals surface area contributed by atoms with Crippen LogP contribution in [0.3, 0.4) is 0 Å². The fourth-order valence-electron chi connectivity index (χ4n) is 2.61. The van der Waals surface area contributed by atoms with E-state index in [1.165, 1.54) is 0 Å². The molecule has 3 rings (SSSR count). The minimum absolute atomic E-state index is 0.00861. The second-order valence-corrected chi connectivity index (χ2v) is 7.24. The lowest BCUT2D eigenvalue weighted by Crippen LogP contribution is -2.36. The number of thioether (sulfide) groups is 1. The largest absolute Gasteiger partial charge is 0.341 e. The molecule has 1 N–H and O–H groups in total. The Balaban J connectivity index is 1.78. The molecule has 0 bridgehead atoms. The molecule has 0 fully saturated rings. The fourth-order valence-corrected chi connectivity index (χ4v) is 3.51. The predicted molar refractivity (Wildman–Crippen MR) is 101 cm³/mol. The van der Waals surface area contributed by atoms with Gasteiger partial charge in [0.25, 0.3) is 0 Å². The number of hydrogen-bond acceptors (Lipinski definition) is 3. The number of carbonyl (C=O) groups is 1. The van der Waals surface area contributed by atoms with Gasteiger partial charge < -0.3 is 9.88 Å². The van der Waals surface area contributed by atoms with Crippen LogP contribution in [0.1, 0.15) is 24.4 Å². The molecular formula is C20H21N3OS. The molecule has 2 aromatic carbocycles. The van der Waals surface area contributed by atoms with Crippen LogP contribution >= 0.6 is 11.8 Å². The number of imidazole rings is 1. The Morgan fingerprint density at radius 1 is 1.08 bits per heavy atom. The number of hydrogen-bond donors (Lipinski definition) is 1. The molecule has 0 aliphatic rings. The van der Waals surface area contributed by atoms with Crippen LogP contribution in [0.25, 0.3) is 0 Å². The van der Waals surface area contributed by atoms with Crippen LogP contribution in [0, 0.1) is 0 Å². The first-order chi connectivity index (χ1) is 12.1. The molecule has 0 saturated carbocycles. The van der Waals surface area contributed by atoms with E-state index in [9.17, 15) is 4.79 Å².